The van der Waals surface area contributed by atoms with Crippen LogP contribution in [0, 0.1) is 0 Å². The number of benzene rings is 2. The van der Waals surface area contributed by atoms with Gasteiger partial charge in [0.2, 0.25) is 0 Å². The Labute approximate surface area is 171 Å². The fourth-order valence-corrected chi connectivity index (χ4v) is 4.91. The minimum atomic E-state index is -2.93. The van der Waals surface area contributed by atoms with Gasteiger partial charge in [0.15, 0.2) is 0 Å². The predicted molar refractivity (Wildman–Crippen MR) is 112 cm³/mol. The van der Waals surface area contributed by atoms with Gasteiger partial charge in [-0.15, -0.1) is 0 Å². The molecule has 0 N–H and O–H groups in total. The summed E-state index contributed by atoms with van der Waals surface area (Å²) in [5, 5.41) is -0.196. The van der Waals surface area contributed by atoms with Gasteiger partial charge >= 0.3 is 0 Å². The highest BCUT2D eigenvalue weighted by Crippen LogP contribution is 2.26. The van der Waals surface area contributed by atoms with E-state index in [2.05, 4.69) is 22.0 Å². The summed E-state index contributed by atoms with van der Waals surface area (Å²) in [7, 11) is -2.93. The Morgan fingerprint density at radius 2 is 1.76 bits per heavy atom. The molecule has 0 spiro atoms. The summed E-state index contributed by atoms with van der Waals surface area (Å²) in [5.41, 5.74) is 3.57. The Balaban J connectivity index is 1.32. The molecule has 0 aromatic heterocycles. The zero-order valence-corrected chi connectivity index (χ0v) is 17.2. The minimum absolute atomic E-state index is 0.196. The largest absolute Gasteiger partial charge is 0.488 e. The number of nitrogens with zero attached hydrogens (tertiary/aromatic N) is 2. The van der Waals surface area contributed by atoms with Crippen LogP contribution in [0.5, 0.6) is 5.75 Å². The van der Waals surface area contributed by atoms with Crippen molar-refractivity contribution in [1.82, 2.24) is 4.90 Å². The summed E-state index contributed by atoms with van der Waals surface area (Å²) < 4.78 is 29.3. The number of piperidine rings is 1. The lowest BCUT2D eigenvalue weighted by atomic mass is 10.1. The second-order valence-corrected chi connectivity index (χ2v) is 10.0. The van der Waals surface area contributed by atoms with Gasteiger partial charge in [-0.3, -0.25) is 9.69 Å². The van der Waals surface area contributed by atoms with Crippen LogP contribution in [0.4, 0.5) is 0 Å². The maximum atomic E-state index is 11.7. The van der Waals surface area contributed by atoms with Crippen LogP contribution in [0.15, 0.2) is 47.5 Å². The first-order valence-electron chi connectivity index (χ1n) is 9.73. The smallest absolute Gasteiger partial charge is 0.277 e. The number of hydrogen-bond donors (Lipinski definition) is 0. The molecule has 0 bridgehead atoms. The van der Waals surface area contributed by atoms with Crippen LogP contribution >= 0.6 is 0 Å². The second kappa shape index (κ2) is 8.08. The van der Waals surface area contributed by atoms with Crippen LogP contribution in [0.25, 0.3) is 0 Å². The van der Waals surface area contributed by atoms with Crippen molar-refractivity contribution in [3.63, 3.8) is 0 Å². The van der Waals surface area contributed by atoms with Crippen LogP contribution in [-0.4, -0.2) is 50.0 Å². The standard InChI is InChI=1S/C22H24N2O4S/c1-29(26,27)18-9-11-24(12-10-18)14-16-5-7-17(8-6-16)15-28-21-4-2-3-19-20(21)13-23-22(19)25/h2-8,13,18H,9-12,14-15H2,1H3. The SMILES string of the molecule is CS(=O)(=O)C1CCN(Cc2ccc(COc3cccc4c3C=NC4=O)cc2)CC1. The van der Waals surface area contributed by atoms with Crippen molar-refractivity contribution < 1.29 is 17.9 Å². The monoisotopic (exact) mass is 412 g/mol. The van der Waals surface area contributed by atoms with Gasteiger partial charge in [0.05, 0.1) is 10.8 Å². The van der Waals surface area contributed by atoms with Gasteiger partial charge in [-0.1, -0.05) is 30.3 Å². The van der Waals surface area contributed by atoms with Gasteiger partial charge < -0.3 is 4.74 Å². The molecule has 2 aromatic rings. The van der Waals surface area contributed by atoms with Crippen LogP contribution in [0.1, 0.15) is 39.9 Å². The van der Waals surface area contributed by atoms with Gasteiger partial charge in [-0.2, -0.15) is 0 Å². The maximum absolute atomic E-state index is 11.7. The summed E-state index contributed by atoms with van der Waals surface area (Å²) in [6.45, 7) is 2.85. The Morgan fingerprint density at radius 3 is 2.45 bits per heavy atom. The Hall–Kier alpha value is -2.51. The van der Waals surface area contributed by atoms with Crippen LogP contribution in [0.3, 0.4) is 0 Å². The molecule has 2 aliphatic heterocycles. The number of carbonyl (C=O) groups excluding carboxylic acids is 1. The van der Waals surface area contributed by atoms with E-state index in [1.165, 1.54) is 11.8 Å². The average Bonchev–Trinajstić information content (AvgIpc) is 3.09. The molecule has 6 nitrogen and oxygen atoms in total. The van der Waals surface area contributed by atoms with E-state index in [9.17, 15) is 13.2 Å². The van der Waals surface area contributed by atoms with Gasteiger partial charge in [-0.25, -0.2) is 13.4 Å². The van der Waals surface area contributed by atoms with Crippen molar-refractivity contribution in [3.05, 3.63) is 64.7 Å². The first-order chi connectivity index (χ1) is 13.9. The Morgan fingerprint density at radius 1 is 1.07 bits per heavy atom. The molecule has 7 heteroatoms. The maximum Gasteiger partial charge on any atom is 0.277 e. The molecule has 0 aliphatic carbocycles. The molecule has 1 fully saturated rings. The number of hydrogen-bond acceptors (Lipinski definition) is 5. The molecule has 4 rings (SSSR count). The van der Waals surface area contributed by atoms with Crippen LogP contribution < -0.4 is 4.74 Å². The Kier molecular flexibility index (Phi) is 5.52. The third kappa shape index (κ3) is 4.57. The zero-order chi connectivity index (χ0) is 20.4. The summed E-state index contributed by atoms with van der Waals surface area (Å²) in [5.74, 6) is 0.435. The lowest BCUT2D eigenvalue weighted by molar-refractivity contribution is 0.101. The number of carbonyl (C=O) groups is 1. The van der Waals surface area contributed by atoms with Crippen molar-refractivity contribution in [2.75, 3.05) is 19.3 Å². The Bertz CT molecular complexity index is 1040. The quantitative estimate of drug-likeness (QED) is 0.729. The lowest BCUT2D eigenvalue weighted by Gasteiger charge is -2.31. The zero-order valence-electron chi connectivity index (χ0n) is 16.4. The van der Waals surface area contributed by atoms with E-state index in [1.54, 1.807) is 18.3 Å². The van der Waals surface area contributed by atoms with E-state index in [0.29, 0.717) is 30.8 Å². The molecule has 152 valence electrons. The van der Waals surface area contributed by atoms with Gasteiger partial charge in [0, 0.05) is 24.6 Å². The van der Waals surface area contributed by atoms with Gasteiger partial charge in [-0.05, 0) is 49.2 Å². The van der Waals surface area contributed by atoms with E-state index in [1.807, 2.05) is 18.2 Å². The van der Waals surface area contributed by atoms with Crippen molar-refractivity contribution in [1.29, 1.82) is 0 Å². The minimum Gasteiger partial charge on any atom is -0.488 e. The summed E-state index contributed by atoms with van der Waals surface area (Å²) >= 11 is 0. The van der Waals surface area contributed by atoms with Crippen molar-refractivity contribution in [2.24, 2.45) is 4.99 Å². The van der Waals surface area contributed by atoms with Crippen molar-refractivity contribution >= 4 is 22.0 Å². The van der Waals surface area contributed by atoms with Crippen molar-refractivity contribution in [2.45, 2.75) is 31.2 Å². The molecule has 2 aromatic carbocycles. The number of ether oxygens (including phenoxy) is 1. The third-order valence-corrected chi connectivity index (χ3v) is 7.25. The molecule has 1 saturated heterocycles. The normalized spacial score (nSPS) is 17.5. The number of amides is 1. The van der Waals surface area contributed by atoms with Crippen molar-refractivity contribution in [3.8, 4) is 5.75 Å². The highest BCUT2D eigenvalue weighted by atomic mass is 32.2. The molecule has 0 unspecified atom stereocenters. The highest BCUT2D eigenvalue weighted by Gasteiger charge is 2.26. The van der Waals surface area contributed by atoms with E-state index in [4.69, 9.17) is 4.74 Å². The molecule has 0 radical (unpaired) electrons. The molecule has 29 heavy (non-hydrogen) atoms. The predicted octanol–water partition coefficient (Wildman–Crippen LogP) is 2.85. The highest BCUT2D eigenvalue weighted by molar-refractivity contribution is 7.91. The lowest BCUT2D eigenvalue weighted by Crippen LogP contribution is -2.38. The first kappa shape index (κ1) is 19.8. The summed E-state index contributed by atoms with van der Waals surface area (Å²) in [4.78, 5) is 17.8. The van der Waals surface area contributed by atoms with E-state index in [-0.39, 0.29) is 11.2 Å². The molecule has 0 saturated carbocycles. The van der Waals surface area contributed by atoms with E-state index >= 15 is 0 Å². The van der Waals surface area contributed by atoms with E-state index < -0.39 is 9.84 Å². The third-order valence-electron chi connectivity index (χ3n) is 5.57. The topological polar surface area (TPSA) is 76.0 Å². The molecular formula is C22H24N2O4S. The fraction of sp³-hybridized carbons (Fsp3) is 0.364. The van der Waals surface area contributed by atoms with Gasteiger partial charge in [0.25, 0.3) is 5.91 Å². The number of fused-ring (bicyclic) bond motifs is 1. The summed E-state index contributed by atoms with van der Waals surface area (Å²) in [6, 6.07) is 13.7. The number of rotatable bonds is 6. The molecule has 2 aliphatic rings. The second-order valence-electron chi connectivity index (χ2n) is 7.69. The number of aliphatic imine (C=N–C) groups is 1. The average molecular weight is 413 g/mol. The van der Waals surface area contributed by atoms with E-state index in [0.717, 1.165) is 30.8 Å². The molecule has 0 atom stereocenters. The fourth-order valence-electron chi connectivity index (χ4n) is 3.84. The molecular weight excluding hydrogens is 388 g/mol. The molecule has 2 heterocycles. The van der Waals surface area contributed by atoms with Crippen LogP contribution in [-0.2, 0) is 23.0 Å². The summed E-state index contributed by atoms with van der Waals surface area (Å²) in [6.07, 6.45) is 4.31. The molecule has 1 amide bonds. The van der Waals surface area contributed by atoms with Gasteiger partial charge in [0.1, 0.15) is 22.2 Å². The number of sulfone groups is 1. The number of likely N-dealkylation sites (tertiary alicyclic amines) is 1. The first-order valence-corrected chi connectivity index (χ1v) is 11.7. The van der Waals surface area contributed by atoms with Crippen LogP contribution in [0.2, 0.25) is 0 Å².